The van der Waals surface area contributed by atoms with Crippen LogP contribution < -0.4 is 10.2 Å². The number of nitrogens with zero attached hydrogens (tertiary/aromatic N) is 3. The molecule has 1 aromatic carbocycles. The number of anilines is 3. The van der Waals surface area contributed by atoms with Gasteiger partial charge in [-0.2, -0.15) is 13.2 Å². The molecule has 1 fully saturated rings. The molecule has 2 aromatic rings. The summed E-state index contributed by atoms with van der Waals surface area (Å²) in [6.45, 7) is 1.56. The number of benzene rings is 1. The third-order valence-electron chi connectivity index (χ3n) is 3.90. The van der Waals surface area contributed by atoms with Crippen LogP contribution in [-0.4, -0.2) is 34.3 Å². The lowest BCUT2D eigenvalue weighted by Crippen LogP contribution is -2.35. The van der Waals surface area contributed by atoms with Crippen LogP contribution in [0.3, 0.4) is 0 Å². The molecule has 1 aliphatic rings. The summed E-state index contributed by atoms with van der Waals surface area (Å²) in [4.78, 5) is 9.45. The van der Waals surface area contributed by atoms with Gasteiger partial charge in [0.2, 0.25) is 5.95 Å². The first-order valence-electron chi connectivity index (χ1n) is 7.62. The lowest BCUT2D eigenvalue weighted by atomic mass is 10.1. The number of aliphatic hydroxyl groups is 1. The molecule has 8 heteroatoms. The fourth-order valence-corrected chi connectivity index (χ4v) is 2.59. The molecular weight excluding hydrogens is 321 g/mol. The smallest absolute Gasteiger partial charge is 0.393 e. The van der Waals surface area contributed by atoms with E-state index in [0.717, 1.165) is 43.9 Å². The van der Waals surface area contributed by atoms with Gasteiger partial charge in [0.05, 0.1) is 6.10 Å². The van der Waals surface area contributed by atoms with Crippen molar-refractivity contribution in [2.24, 2.45) is 0 Å². The largest absolute Gasteiger partial charge is 0.433 e. The van der Waals surface area contributed by atoms with E-state index < -0.39 is 11.9 Å². The van der Waals surface area contributed by atoms with E-state index in [-0.39, 0.29) is 12.1 Å². The van der Waals surface area contributed by atoms with Crippen molar-refractivity contribution in [2.75, 3.05) is 23.3 Å². The highest BCUT2D eigenvalue weighted by Gasteiger charge is 2.32. The summed E-state index contributed by atoms with van der Waals surface area (Å²) in [7, 11) is 0. The van der Waals surface area contributed by atoms with E-state index in [1.165, 1.54) is 0 Å². The number of piperidine rings is 1. The lowest BCUT2D eigenvalue weighted by Gasteiger charge is -2.31. The van der Waals surface area contributed by atoms with E-state index in [9.17, 15) is 18.3 Å². The molecule has 2 N–H and O–H groups in total. The summed E-state index contributed by atoms with van der Waals surface area (Å²) in [6, 6.07) is 8.13. The monoisotopic (exact) mass is 338 g/mol. The van der Waals surface area contributed by atoms with Gasteiger partial charge in [-0.1, -0.05) is 0 Å². The third kappa shape index (κ3) is 3.94. The molecule has 0 bridgehead atoms. The maximum Gasteiger partial charge on any atom is 0.433 e. The van der Waals surface area contributed by atoms with Crippen molar-refractivity contribution in [3.63, 3.8) is 0 Å². The van der Waals surface area contributed by atoms with Gasteiger partial charge in [0.15, 0.2) is 0 Å². The van der Waals surface area contributed by atoms with Crippen LogP contribution in [0.25, 0.3) is 0 Å². The van der Waals surface area contributed by atoms with Crippen molar-refractivity contribution < 1.29 is 18.3 Å². The number of hydrogen-bond acceptors (Lipinski definition) is 5. The van der Waals surface area contributed by atoms with Crippen molar-refractivity contribution in [2.45, 2.75) is 25.1 Å². The fraction of sp³-hybridized carbons (Fsp3) is 0.375. The number of aliphatic hydroxyl groups excluding tert-OH is 1. The first kappa shape index (κ1) is 16.5. The van der Waals surface area contributed by atoms with Crippen molar-refractivity contribution in [1.82, 2.24) is 9.97 Å². The first-order valence-corrected chi connectivity index (χ1v) is 7.62. The molecule has 1 aromatic heterocycles. The summed E-state index contributed by atoms with van der Waals surface area (Å²) in [6.07, 6.45) is -2.19. The summed E-state index contributed by atoms with van der Waals surface area (Å²) >= 11 is 0. The molecular formula is C16H17F3N4O. The van der Waals surface area contributed by atoms with Gasteiger partial charge in [0.1, 0.15) is 5.69 Å². The Morgan fingerprint density at radius 2 is 1.75 bits per heavy atom. The summed E-state index contributed by atoms with van der Waals surface area (Å²) in [5.74, 6) is -0.0985. The van der Waals surface area contributed by atoms with Gasteiger partial charge >= 0.3 is 6.18 Å². The average molecular weight is 338 g/mol. The van der Waals surface area contributed by atoms with Gasteiger partial charge in [-0.3, -0.25) is 0 Å². The summed E-state index contributed by atoms with van der Waals surface area (Å²) in [5, 5.41) is 12.3. The Hall–Kier alpha value is -2.35. The molecule has 5 nitrogen and oxygen atoms in total. The van der Waals surface area contributed by atoms with Crippen LogP contribution in [-0.2, 0) is 6.18 Å². The Morgan fingerprint density at radius 1 is 1.08 bits per heavy atom. The molecule has 0 radical (unpaired) electrons. The second kappa shape index (κ2) is 6.64. The van der Waals surface area contributed by atoms with Gasteiger partial charge in [-0.25, -0.2) is 9.97 Å². The highest BCUT2D eigenvalue weighted by atomic mass is 19.4. The van der Waals surface area contributed by atoms with E-state index in [0.29, 0.717) is 5.69 Å². The number of aromatic nitrogens is 2. The maximum atomic E-state index is 12.7. The Balaban J connectivity index is 1.68. The Morgan fingerprint density at radius 3 is 2.38 bits per heavy atom. The van der Waals surface area contributed by atoms with Gasteiger partial charge in [0, 0.05) is 30.7 Å². The van der Waals surface area contributed by atoms with E-state index in [1.807, 2.05) is 12.1 Å². The third-order valence-corrected chi connectivity index (χ3v) is 3.90. The number of hydrogen-bond donors (Lipinski definition) is 2. The van der Waals surface area contributed by atoms with Gasteiger partial charge in [-0.05, 0) is 43.2 Å². The number of rotatable bonds is 3. The number of halogens is 3. The minimum Gasteiger partial charge on any atom is -0.393 e. The van der Waals surface area contributed by atoms with Crippen LogP contribution >= 0.6 is 0 Å². The average Bonchev–Trinajstić information content (AvgIpc) is 2.56. The van der Waals surface area contributed by atoms with Crippen molar-refractivity contribution in [3.8, 4) is 0 Å². The zero-order chi connectivity index (χ0) is 17.2. The van der Waals surface area contributed by atoms with Gasteiger partial charge in [0.25, 0.3) is 0 Å². The lowest BCUT2D eigenvalue weighted by molar-refractivity contribution is -0.141. The minimum atomic E-state index is -4.50. The molecule has 1 aliphatic heterocycles. The van der Waals surface area contributed by atoms with E-state index in [2.05, 4.69) is 20.2 Å². The zero-order valence-electron chi connectivity index (χ0n) is 12.8. The van der Waals surface area contributed by atoms with Gasteiger partial charge in [-0.15, -0.1) is 0 Å². The number of nitrogens with one attached hydrogen (secondary N) is 1. The number of alkyl halides is 3. The van der Waals surface area contributed by atoms with E-state index in [1.54, 1.807) is 12.1 Å². The molecule has 128 valence electrons. The highest BCUT2D eigenvalue weighted by Crippen LogP contribution is 2.28. The van der Waals surface area contributed by atoms with Gasteiger partial charge < -0.3 is 15.3 Å². The highest BCUT2D eigenvalue weighted by molar-refractivity contribution is 5.59. The molecule has 0 aliphatic carbocycles. The predicted octanol–water partition coefficient (Wildman–Crippen LogP) is 3.20. The van der Waals surface area contributed by atoms with Crippen LogP contribution in [0.1, 0.15) is 18.5 Å². The normalized spacial score (nSPS) is 16.2. The fourth-order valence-electron chi connectivity index (χ4n) is 2.59. The van der Waals surface area contributed by atoms with Crippen molar-refractivity contribution in [3.05, 3.63) is 42.2 Å². The predicted molar refractivity (Wildman–Crippen MR) is 84.2 cm³/mol. The van der Waals surface area contributed by atoms with Crippen LogP contribution in [0.4, 0.5) is 30.5 Å². The SMILES string of the molecule is OC1CCN(c2ccc(Nc3nccc(C(F)(F)F)n3)cc2)CC1. The standard InChI is InChI=1S/C16H17F3N4O/c17-16(18,19)14-5-8-20-15(22-14)21-11-1-3-12(4-2-11)23-9-6-13(24)7-10-23/h1-5,8,13,24H,6-7,9-10H2,(H,20,21,22). The van der Waals surface area contributed by atoms with Crippen molar-refractivity contribution >= 4 is 17.3 Å². The minimum absolute atomic E-state index is 0.0985. The molecule has 0 saturated carbocycles. The quantitative estimate of drug-likeness (QED) is 0.900. The van der Waals surface area contributed by atoms with Crippen LogP contribution in [0.5, 0.6) is 0 Å². The molecule has 3 rings (SSSR count). The second-order valence-corrected chi connectivity index (χ2v) is 5.65. The second-order valence-electron chi connectivity index (χ2n) is 5.65. The van der Waals surface area contributed by atoms with E-state index in [4.69, 9.17) is 0 Å². The summed E-state index contributed by atoms with van der Waals surface area (Å²) in [5.41, 5.74) is 0.635. The zero-order valence-corrected chi connectivity index (χ0v) is 12.8. The molecule has 0 unspecified atom stereocenters. The Kier molecular flexibility index (Phi) is 4.57. The van der Waals surface area contributed by atoms with Crippen LogP contribution in [0.15, 0.2) is 36.5 Å². The Bertz CT molecular complexity index is 682. The molecule has 0 atom stereocenters. The van der Waals surface area contributed by atoms with Crippen molar-refractivity contribution in [1.29, 1.82) is 0 Å². The van der Waals surface area contributed by atoms with Crippen LogP contribution in [0.2, 0.25) is 0 Å². The van der Waals surface area contributed by atoms with E-state index >= 15 is 0 Å². The van der Waals surface area contributed by atoms with Crippen LogP contribution in [0, 0.1) is 0 Å². The Labute approximate surface area is 137 Å². The molecule has 0 amide bonds. The molecule has 24 heavy (non-hydrogen) atoms. The first-order chi connectivity index (χ1) is 11.4. The molecule has 0 spiro atoms. The molecule has 2 heterocycles. The molecule has 1 saturated heterocycles. The maximum absolute atomic E-state index is 12.7. The summed E-state index contributed by atoms with van der Waals surface area (Å²) < 4.78 is 38.0. The topological polar surface area (TPSA) is 61.3 Å².